The van der Waals surface area contributed by atoms with E-state index in [1.54, 1.807) is 0 Å². The van der Waals surface area contributed by atoms with Crippen LogP contribution in [0.25, 0.3) is 0 Å². The van der Waals surface area contributed by atoms with Gasteiger partial charge in [-0.1, -0.05) is 0 Å². The third-order valence-corrected chi connectivity index (χ3v) is 2.37. The van der Waals surface area contributed by atoms with Crippen molar-refractivity contribution in [2.75, 3.05) is 18.4 Å². The molecule has 0 bridgehead atoms. The summed E-state index contributed by atoms with van der Waals surface area (Å²) in [5.41, 5.74) is 8.84. The fourth-order valence-corrected chi connectivity index (χ4v) is 1.75. The molecule has 0 aliphatic heterocycles. The van der Waals surface area contributed by atoms with Gasteiger partial charge < -0.3 is 11.1 Å². The lowest BCUT2D eigenvalue weighted by Crippen LogP contribution is -2.24. The molecule has 0 aliphatic rings. The zero-order chi connectivity index (χ0) is 11.6. The average Bonchev–Trinajstić information content (AvgIpc) is 2.39. The predicted octanol–water partition coefficient (Wildman–Crippen LogP) is 1.63. The highest BCUT2D eigenvalue weighted by Crippen LogP contribution is 2.24. The van der Waals surface area contributed by atoms with Crippen LogP contribution in [0.15, 0.2) is 0 Å². The highest BCUT2D eigenvalue weighted by atomic mass is 15.3. The molecule has 0 saturated heterocycles. The number of aromatic nitrogens is 2. The number of hydrogen-bond donors (Lipinski definition) is 2. The van der Waals surface area contributed by atoms with Crippen LogP contribution < -0.4 is 11.1 Å². The molecular formula is C11H22N4. The van der Waals surface area contributed by atoms with Crippen molar-refractivity contribution in [1.29, 1.82) is 0 Å². The molecule has 0 saturated carbocycles. The molecule has 0 fully saturated rings. The van der Waals surface area contributed by atoms with Crippen molar-refractivity contribution < 1.29 is 0 Å². The van der Waals surface area contributed by atoms with Gasteiger partial charge in [0, 0.05) is 13.1 Å². The van der Waals surface area contributed by atoms with E-state index < -0.39 is 0 Å². The molecule has 4 nitrogen and oxygen atoms in total. The summed E-state index contributed by atoms with van der Waals surface area (Å²) in [6, 6.07) is 0. The minimum atomic E-state index is 0.0253. The maximum absolute atomic E-state index is 5.48. The van der Waals surface area contributed by atoms with Gasteiger partial charge in [-0.15, -0.1) is 0 Å². The van der Waals surface area contributed by atoms with Gasteiger partial charge in [-0.2, -0.15) is 5.10 Å². The molecule has 0 amide bonds. The lowest BCUT2D eigenvalue weighted by Gasteiger charge is -2.21. The fraction of sp³-hybridized carbons (Fsp3) is 0.727. The standard InChI is InChI=1S/C11H22N4/c1-8-10(13-7-6-12)9(2)15(14-8)11(3,4)5/h13H,6-7,12H2,1-5H3. The lowest BCUT2D eigenvalue weighted by molar-refractivity contribution is 0.347. The minimum Gasteiger partial charge on any atom is -0.381 e. The molecule has 0 radical (unpaired) electrons. The molecule has 1 aromatic rings. The van der Waals surface area contributed by atoms with Crippen LogP contribution in [-0.4, -0.2) is 22.9 Å². The summed E-state index contributed by atoms with van der Waals surface area (Å²) in [5, 5.41) is 7.86. The molecule has 1 aromatic heterocycles. The molecule has 3 N–H and O–H groups in total. The SMILES string of the molecule is Cc1nn(C(C)(C)C)c(C)c1NCCN. The number of aryl methyl sites for hydroxylation is 1. The van der Waals surface area contributed by atoms with Gasteiger partial charge >= 0.3 is 0 Å². The quantitative estimate of drug-likeness (QED) is 0.797. The second kappa shape index (κ2) is 4.23. The molecule has 0 unspecified atom stereocenters. The highest BCUT2D eigenvalue weighted by molar-refractivity contribution is 5.52. The number of nitrogens with two attached hydrogens (primary N) is 1. The second-order valence-electron chi connectivity index (χ2n) is 4.84. The Labute approximate surface area is 91.8 Å². The van der Waals surface area contributed by atoms with Crippen LogP contribution in [0.1, 0.15) is 32.2 Å². The third-order valence-electron chi connectivity index (χ3n) is 2.37. The Morgan fingerprint density at radius 2 is 1.93 bits per heavy atom. The lowest BCUT2D eigenvalue weighted by atomic mass is 10.1. The van der Waals surface area contributed by atoms with Gasteiger partial charge in [-0.25, -0.2) is 0 Å². The maximum atomic E-state index is 5.48. The van der Waals surface area contributed by atoms with Crippen molar-refractivity contribution in [2.24, 2.45) is 5.73 Å². The van der Waals surface area contributed by atoms with Crippen LogP contribution in [0.4, 0.5) is 5.69 Å². The van der Waals surface area contributed by atoms with Crippen LogP contribution in [0.5, 0.6) is 0 Å². The zero-order valence-corrected chi connectivity index (χ0v) is 10.4. The number of anilines is 1. The molecule has 0 aromatic carbocycles. The Hall–Kier alpha value is -1.03. The molecule has 0 aliphatic carbocycles. The summed E-state index contributed by atoms with van der Waals surface area (Å²) in [4.78, 5) is 0. The van der Waals surface area contributed by atoms with Gasteiger partial charge in [-0.3, -0.25) is 4.68 Å². The fourth-order valence-electron chi connectivity index (χ4n) is 1.75. The van der Waals surface area contributed by atoms with E-state index in [4.69, 9.17) is 5.73 Å². The molecular weight excluding hydrogens is 188 g/mol. The van der Waals surface area contributed by atoms with E-state index in [1.165, 1.54) is 5.69 Å². The van der Waals surface area contributed by atoms with Crippen LogP contribution in [0.2, 0.25) is 0 Å². The predicted molar refractivity (Wildman–Crippen MR) is 64.2 cm³/mol. The van der Waals surface area contributed by atoms with Gasteiger partial charge in [0.05, 0.1) is 22.6 Å². The maximum Gasteiger partial charge on any atom is 0.0828 e. The van der Waals surface area contributed by atoms with Crippen LogP contribution in [0.3, 0.4) is 0 Å². The smallest absolute Gasteiger partial charge is 0.0828 e. The summed E-state index contributed by atoms with van der Waals surface area (Å²) in [7, 11) is 0. The Morgan fingerprint density at radius 1 is 1.33 bits per heavy atom. The zero-order valence-electron chi connectivity index (χ0n) is 10.4. The normalized spacial score (nSPS) is 11.9. The van der Waals surface area contributed by atoms with Crippen LogP contribution >= 0.6 is 0 Å². The number of hydrogen-bond acceptors (Lipinski definition) is 3. The first kappa shape index (κ1) is 12.0. The average molecular weight is 210 g/mol. The van der Waals surface area contributed by atoms with Crippen molar-refractivity contribution in [1.82, 2.24) is 9.78 Å². The van der Waals surface area contributed by atoms with Gasteiger partial charge in [0.25, 0.3) is 0 Å². The van der Waals surface area contributed by atoms with Gasteiger partial charge in [0.1, 0.15) is 0 Å². The van der Waals surface area contributed by atoms with Crippen LogP contribution in [-0.2, 0) is 5.54 Å². The molecule has 86 valence electrons. The number of nitrogens with one attached hydrogen (secondary N) is 1. The summed E-state index contributed by atoms with van der Waals surface area (Å²) in [5.74, 6) is 0. The Morgan fingerprint density at radius 3 is 2.33 bits per heavy atom. The second-order valence-corrected chi connectivity index (χ2v) is 4.84. The van der Waals surface area contributed by atoms with Gasteiger partial charge in [0.2, 0.25) is 0 Å². The van der Waals surface area contributed by atoms with E-state index in [1.807, 2.05) is 6.92 Å². The molecule has 15 heavy (non-hydrogen) atoms. The van der Waals surface area contributed by atoms with Crippen molar-refractivity contribution in [3.63, 3.8) is 0 Å². The molecule has 0 atom stereocenters. The van der Waals surface area contributed by atoms with Crippen molar-refractivity contribution in [3.8, 4) is 0 Å². The van der Waals surface area contributed by atoms with E-state index in [2.05, 4.69) is 42.8 Å². The van der Waals surface area contributed by atoms with Crippen molar-refractivity contribution in [2.45, 2.75) is 40.2 Å². The molecule has 1 rings (SSSR count). The largest absolute Gasteiger partial charge is 0.381 e. The number of nitrogens with zero attached hydrogens (tertiary/aromatic N) is 2. The monoisotopic (exact) mass is 210 g/mol. The van der Waals surface area contributed by atoms with E-state index >= 15 is 0 Å². The van der Waals surface area contributed by atoms with Crippen molar-refractivity contribution >= 4 is 5.69 Å². The minimum absolute atomic E-state index is 0.0253. The Bertz CT molecular complexity index is 333. The molecule has 1 heterocycles. The first-order valence-corrected chi connectivity index (χ1v) is 5.38. The van der Waals surface area contributed by atoms with Crippen molar-refractivity contribution in [3.05, 3.63) is 11.4 Å². The number of rotatable bonds is 3. The summed E-state index contributed by atoms with van der Waals surface area (Å²) < 4.78 is 2.06. The summed E-state index contributed by atoms with van der Waals surface area (Å²) in [6.45, 7) is 12.0. The first-order chi connectivity index (χ1) is 6.88. The third kappa shape index (κ3) is 2.50. The molecule has 4 heteroatoms. The van der Waals surface area contributed by atoms with E-state index in [0.29, 0.717) is 6.54 Å². The summed E-state index contributed by atoms with van der Waals surface area (Å²) >= 11 is 0. The van der Waals surface area contributed by atoms with E-state index in [-0.39, 0.29) is 5.54 Å². The Kier molecular flexibility index (Phi) is 3.39. The van der Waals surface area contributed by atoms with Gasteiger partial charge in [-0.05, 0) is 34.6 Å². The van der Waals surface area contributed by atoms with E-state index in [0.717, 1.165) is 17.9 Å². The van der Waals surface area contributed by atoms with Crippen LogP contribution in [0, 0.1) is 13.8 Å². The van der Waals surface area contributed by atoms with E-state index in [9.17, 15) is 0 Å². The Balaban J connectivity index is 3.04. The topological polar surface area (TPSA) is 55.9 Å². The molecule has 0 spiro atoms. The van der Waals surface area contributed by atoms with Gasteiger partial charge in [0.15, 0.2) is 0 Å². The highest BCUT2D eigenvalue weighted by Gasteiger charge is 2.20. The summed E-state index contributed by atoms with van der Waals surface area (Å²) in [6.07, 6.45) is 0. The first-order valence-electron chi connectivity index (χ1n) is 5.38.